The van der Waals surface area contributed by atoms with Crippen LogP contribution in [0.25, 0.3) is 0 Å². The second-order valence-electron chi connectivity index (χ2n) is 5.45. The number of rotatable bonds is 3. The predicted molar refractivity (Wildman–Crippen MR) is 81.8 cm³/mol. The first-order valence-corrected chi connectivity index (χ1v) is 7.13. The second-order valence-corrected chi connectivity index (χ2v) is 5.45. The van der Waals surface area contributed by atoms with Gasteiger partial charge in [-0.3, -0.25) is 9.80 Å². The molecule has 2 saturated heterocycles. The number of hydrogen-bond acceptors (Lipinski definition) is 3. The minimum absolute atomic E-state index is 0. The number of hydrogen-bond donors (Lipinski definition) is 1. The summed E-state index contributed by atoms with van der Waals surface area (Å²) in [5.41, 5.74) is 1.44. The van der Waals surface area contributed by atoms with Crippen LogP contribution in [0.2, 0.25) is 0 Å². The predicted octanol–water partition coefficient (Wildman–Crippen LogP) is 1.59. The highest BCUT2D eigenvalue weighted by Crippen LogP contribution is 2.18. The van der Waals surface area contributed by atoms with Crippen LogP contribution in [0.1, 0.15) is 12.0 Å². The Morgan fingerprint density at radius 1 is 1.05 bits per heavy atom. The summed E-state index contributed by atoms with van der Waals surface area (Å²) in [5, 5.41) is 3.43. The van der Waals surface area contributed by atoms with E-state index in [4.69, 9.17) is 0 Å². The Bertz CT molecular complexity index is 365. The van der Waals surface area contributed by atoms with Gasteiger partial charge in [-0.25, -0.2) is 0 Å². The smallest absolute Gasteiger partial charge is 0.0236 e. The molecular weight excluding hydrogens is 258 g/mol. The standard InChI is InChI=1S/C15H23N3.ClH/c1-2-4-14(5-3-1)12-17-9-6-15(13-17)18-10-7-16-8-11-18;/h1-5,15-16H,6-13H2;1H. The molecule has 0 bridgehead atoms. The lowest BCUT2D eigenvalue weighted by Crippen LogP contribution is -2.49. The fourth-order valence-corrected chi connectivity index (χ4v) is 3.14. The maximum Gasteiger partial charge on any atom is 0.0236 e. The highest BCUT2D eigenvalue weighted by molar-refractivity contribution is 5.85. The van der Waals surface area contributed by atoms with E-state index in [0.717, 1.165) is 25.7 Å². The third kappa shape index (κ3) is 3.93. The van der Waals surface area contributed by atoms with Crippen LogP contribution in [0.5, 0.6) is 0 Å². The van der Waals surface area contributed by atoms with Gasteiger partial charge in [-0.2, -0.15) is 0 Å². The third-order valence-electron chi connectivity index (χ3n) is 4.16. The van der Waals surface area contributed by atoms with E-state index in [-0.39, 0.29) is 12.4 Å². The minimum atomic E-state index is 0. The second kappa shape index (κ2) is 7.25. The average molecular weight is 282 g/mol. The van der Waals surface area contributed by atoms with E-state index in [1.807, 2.05) is 0 Å². The maximum absolute atomic E-state index is 3.43. The van der Waals surface area contributed by atoms with Gasteiger partial charge in [-0.15, -0.1) is 12.4 Å². The molecule has 3 nitrogen and oxygen atoms in total. The summed E-state index contributed by atoms with van der Waals surface area (Å²) in [5.74, 6) is 0. The van der Waals surface area contributed by atoms with Crippen molar-refractivity contribution in [2.24, 2.45) is 0 Å². The van der Waals surface area contributed by atoms with Gasteiger partial charge in [0.15, 0.2) is 0 Å². The van der Waals surface area contributed by atoms with Crippen LogP contribution in [0.3, 0.4) is 0 Å². The van der Waals surface area contributed by atoms with Gasteiger partial charge < -0.3 is 5.32 Å². The molecule has 0 spiro atoms. The van der Waals surface area contributed by atoms with Crippen molar-refractivity contribution in [3.05, 3.63) is 35.9 Å². The van der Waals surface area contributed by atoms with E-state index >= 15 is 0 Å². The molecule has 0 radical (unpaired) electrons. The Morgan fingerprint density at radius 3 is 2.53 bits per heavy atom. The fraction of sp³-hybridized carbons (Fsp3) is 0.600. The summed E-state index contributed by atoms with van der Waals surface area (Å²) >= 11 is 0. The molecule has 0 amide bonds. The van der Waals surface area contributed by atoms with Crippen molar-refractivity contribution in [3.8, 4) is 0 Å². The van der Waals surface area contributed by atoms with Gasteiger partial charge >= 0.3 is 0 Å². The van der Waals surface area contributed by atoms with Crippen molar-refractivity contribution >= 4 is 12.4 Å². The number of piperazine rings is 1. The Hall–Kier alpha value is -0.610. The first-order chi connectivity index (χ1) is 8.92. The van der Waals surface area contributed by atoms with Crippen molar-refractivity contribution in [2.75, 3.05) is 39.3 Å². The number of nitrogens with zero attached hydrogens (tertiary/aromatic N) is 2. The summed E-state index contributed by atoms with van der Waals surface area (Å²) in [4.78, 5) is 5.27. The zero-order chi connectivity index (χ0) is 12.2. The molecule has 2 aliphatic rings. The maximum atomic E-state index is 3.43. The molecule has 1 aromatic rings. The highest BCUT2D eigenvalue weighted by atomic mass is 35.5. The van der Waals surface area contributed by atoms with Crippen LogP contribution in [-0.4, -0.2) is 55.1 Å². The molecule has 106 valence electrons. The normalized spacial score (nSPS) is 25.2. The molecule has 2 fully saturated rings. The number of halogens is 1. The first-order valence-electron chi connectivity index (χ1n) is 7.13. The van der Waals surface area contributed by atoms with Gasteiger partial charge in [0.05, 0.1) is 0 Å². The first kappa shape index (κ1) is 14.8. The van der Waals surface area contributed by atoms with Crippen LogP contribution >= 0.6 is 12.4 Å². The molecule has 2 aliphatic heterocycles. The van der Waals surface area contributed by atoms with Gasteiger partial charge in [0.2, 0.25) is 0 Å². The third-order valence-corrected chi connectivity index (χ3v) is 4.16. The quantitative estimate of drug-likeness (QED) is 0.908. The topological polar surface area (TPSA) is 18.5 Å². The molecule has 0 aliphatic carbocycles. The summed E-state index contributed by atoms with van der Waals surface area (Å²) in [6.45, 7) is 8.39. The molecule has 1 atom stereocenters. The van der Waals surface area contributed by atoms with Crippen LogP contribution in [-0.2, 0) is 6.54 Å². The monoisotopic (exact) mass is 281 g/mol. The molecular formula is C15H24ClN3. The number of likely N-dealkylation sites (tertiary alicyclic amines) is 1. The summed E-state index contributed by atoms with van der Waals surface area (Å²) in [7, 11) is 0. The lowest BCUT2D eigenvalue weighted by Gasteiger charge is -2.32. The lowest BCUT2D eigenvalue weighted by molar-refractivity contribution is 0.170. The van der Waals surface area contributed by atoms with E-state index in [1.165, 1.54) is 38.2 Å². The molecule has 3 rings (SSSR count). The average Bonchev–Trinajstić information content (AvgIpc) is 2.89. The molecule has 1 aromatic carbocycles. The van der Waals surface area contributed by atoms with Gasteiger partial charge in [0, 0.05) is 51.9 Å². The van der Waals surface area contributed by atoms with Gasteiger partial charge in [0.25, 0.3) is 0 Å². The van der Waals surface area contributed by atoms with Crippen molar-refractivity contribution < 1.29 is 0 Å². The van der Waals surface area contributed by atoms with E-state index in [0.29, 0.717) is 0 Å². The fourth-order valence-electron chi connectivity index (χ4n) is 3.14. The molecule has 0 aromatic heterocycles. The van der Waals surface area contributed by atoms with Crippen LogP contribution < -0.4 is 5.32 Å². The van der Waals surface area contributed by atoms with Crippen LogP contribution in [0, 0.1) is 0 Å². The molecule has 1 N–H and O–H groups in total. The number of benzene rings is 1. The highest BCUT2D eigenvalue weighted by Gasteiger charge is 2.28. The van der Waals surface area contributed by atoms with Gasteiger partial charge in [-0.05, 0) is 12.0 Å². The molecule has 2 heterocycles. The van der Waals surface area contributed by atoms with Crippen LogP contribution in [0.4, 0.5) is 0 Å². The Labute approximate surface area is 122 Å². The van der Waals surface area contributed by atoms with Crippen LogP contribution in [0.15, 0.2) is 30.3 Å². The summed E-state index contributed by atoms with van der Waals surface area (Å²) in [6.07, 6.45) is 1.34. The van der Waals surface area contributed by atoms with E-state index in [9.17, 15) is 0 Å². The van der Waals surface area contributed by atoms with E-state index in [2.05, 4.69) is 45.4 Å². The SMILES string of the molecule is Cl.c1ccc(CN2CCC(N3CCNCC3)C2)cc1. The van der Waals surface area contributed by atoms with Crippen molar-refractivity contribution in [3.63, 3.8) is 0 Å². The summed E-state index contributed by atoms with van der Waals surface area (Å²) < 4.78 is 0. The molecule has 1 unspecified atom stereocenters. The molecule has 0 saturated carbocycles. The minimum Gasteiger partial charge on any atom is -0.314 e. The lowest BCUT2D eigenvalue weighted by atomic mass is 10.2. The summed E-state index contributed by atoms with van der Waals surface area (Å²) in [6, 6.07) is 11.6. The Balaban J connectivity index is 0.00000133. The van der Waals surface area contributed by atoms with Gasteiger partial charge in [0.1, 0.15) is 0 Å². The van der Waals surface area contributed by atoms with Gasteiger partial charge in [-0.1, -0.05) is 30.3 Å². The Morgan fingerprint density at radius 2 is 1.79 bits per heavy atom. The van der Waals surface area contributed by atoms with E-state index in [1.54, 1.807) is 0 Å². The number of nitrogens with one attached hydrogen (secondary N) is 1. The Kier molecular flexibility index (Phi) is 5.64. The zero-order valence-electron chi connectivity index (χ0n) is 11.4. The van der Waals surface area contributed by atoms with Crippen molar-refractivity contribution in [1.29, 1.82) is 0 Å². The van der Waals surface area contributed by atoms with Crippen molar-refractivity contribution in [1.82, 2.24) is 15.1 Å². The molecule has 4 heteroatoms. The van der Waals surface area contributed by atoms with E-state index < -0.39 is 0 Å². The zero-order valence-corrected chi connectivity index (χ0v) is 12.2. The molecule has 19 heavy (non-hydrogen) atoms. The largest absolute Gasteiger partial charge is 0.314 e. The van der Waals surface area contributed by atoms with Crippen molar-refractivity contribution in [2.45, 2.75) is 19.0 Å².